The summed E-state index contributed by atoms with van der Waals surface area (Å²) in [6.07, 6.45) is -0.482. The van der Waals surface area contributed by atoms with Crippen LogP contribution in [0.15, 0.2) is 24.3 Å². The molecule has 0 bridgehead atoms. The highest BCUT2D eigenvalue weighted by atomic mass is 16.5. The lowest BCUT2D eigenvalue weighted by Gasteiger charge is -2.10. The van der Waals surface area contributed by atoms with Gasteiger partial charge in [0, 0.05) is 13.1 Å². The molecule has 6 nitrogen and oxygen atoms in total. The van der Waals surface area contributed by atoms with Crippen LogP contribution in [0.1, 0.15) is 15.9 Å². The van der Waals surface area contributed by atoms with Crippen LogP contribution in [0.5, 0.6) is 0 Å². The first-order valence-corrected chi connectivity index (χ1v) is 5.86. The lowest BCUT2D eigenvalue weighted by Crippen LogP contribution is -2.27. The maximum absolute atomic E-state index is 11.3. The fraction of sp³-hybridized carbons (Fsp3) is 0.385. The molecule has 19 heavy (non-hydrogen) atoms. The molecule has 0 saturated carbocycles. The molecule has 0 aromatic heterocycles. The van der Waals surface area contributed by atoms with Gasteiger partial charge in [0.25, 0.3) is 0 Å². The number of amides is 1. The molecule has 0 aliphatic rings. The van der Waals surface area contributed by atoms with Crippen molar-refractivity contribution in [2.24, 2.45) is 0 Å². The Balaban J connectivity index is 2.32. The monoisotopic (exact) mass is 266 g/mol. The molecular weight excluding hydrogens is 248 g/mol. The van der Waals surface area contributed by atoms with E-state index in [1.807, 2.05) is 19.0 Å². The second kappa shape index (κ2) is 7.38. The van der Waals surface area contributed by atoms with Crippen molar-refractivity contribution >= 4 is 12.1 Å². The Hall–Kier alpha value is -2.08. The van der Waals surface area contributed by atoms with Gasteiger partial charge in [-0.05, 0) is 31.8 Å². The minimum absolute atomic E-state index is 0.220. The van der Waals surface area contributed by atoms with E-state index < -0.39 is 12.1 Å². The quantitative estimate of drug-likeness (QED) is 0.808. The molecule has 0 heterocycles. The molecule has 6 heteroatoms. The Labute approximate surface area is 112 Å². The summed E-state index contributed by atoms with van der Waals surface area (Å²) in [5.41, 5.74) is 1.03. The van der Waals surface area contributed by atoms with Crippen LogP contribution in [0.2, 0.25) is 0 Å². The number of carbonyl (C=O) groups excluding carboxylic acids is 1. The highest BCUT2D eigenvalue weighted by Gasteiger charge is 2.04. The molecule has 0 unspecified atom stereocenters. The van der Waals surface area contributed by atoms with Crippen LogP contribution < -0.4 is 5.32 Å². The molecule has 1 aromatic carbocycles. The summed E-state index contributed by atoms with van der Waals surface area (Å²) in [5.74, 6) is -0.970. The van der Waals surface area contributed by atoms with Gasteiger partial charge in [-0.1, -0.05) is 12.1 Å². The van der Waals surface area contributed by atoms with Crippen molar-refractivity contribution in [2.75, 3.05) is 27.2 Å². The standard InChI is InChI=1S/C13H18N2O4/c1-15(2)7-8-19-13(18)14-9-10-3-5-11(6-4-10)12(16)17/h3-6H,7-9H2,1-2H3,(H,14,18)(H,16,17). The summed E-state index contributed by atoms with van der Waals surface area (Å²) >= 11 is 0. The second-order valence-electron chi connectivity index (χ2n) is 4.29. The van der Waals surface area contributed by atoms with Crippen LogP contribution in [0, 0.1) is 0 Å². The number of nitrogens with zero attached hydrogens (tertiary/aromatic N) is 1. The highest BCUT2D eigenvalue weighted by Crippen LogP contribution is 2.04. The summed E-state index contributed by atoms with van der Waals surface area (Å²) in [5, 5.41) is 11.3. The first kappa shape index (κ1) is 15.0. The fourth-order valence-electron chi connectivity index (χ4n) is 1.31. The van der Waals surface area contributed by atoms with E-state index in [-0.39, 0.29) is 5.56 Å². The summed E-state index contributed by atoms with van der Waals surface area (Å²) in [7, 11) is 3.79. The van der Waals surface area contributed by atoms with Crippen LogP contribution in [-0.4, -0.2) is 49.3 Å². The molecule has 1 amide bonds. The molecule has 1 aromatic rings. The third kappa shape index (κ3) is 5.87. The van der Waals surface area contributed by atoms with E-state index in [2.05, 4.69) is 5.32 Å². The summed E-state index contributed by atoms with van der Waals surface area (Å²) in [6.45, 7) is 1.30. The minimum Gasteiger partial charge on any atom is -0.478 e. The van der Waals surface area contributed by atoms with Gasteiger partial charge in [0.2, 0.25) is 0 Å². The third-order valence-corrected chi connectivity index (χ3v) is 2.41. The number of rotatable bonds is 6. The average molecular weight is 266 g/mol. The van der Waals surface area contributed by atoms with Crippen LogP contribution in [0.3, 0.4) is 0 Å². The van der Waals surface area contributed by atoms with Gasteiger partial charge in [-0.3, -0.25) is 0 Å². The second-order valence-corrected chi connectivity index (χ2v) is 4.29. The van der Waals surface area contributed by atoms with E-state index >= 15 is 0 Å². The number of carbonyl (C=O) groups is 2. The van der Waals surface area contributed by atoms with Gasteiger partial charge >= 0.3 is 12.1 Å². The number of likely N-dealkylation sites (N-methyl/N-ethyl adjacent to an activating group) is 1. The predicted octanol–water partition coefficient (Wildman–Crippen LogP) is 1.17. The molecule has 0 radical (unpaired) electrons. The zero-order chi connectivity index (χ0) is 14.3. The van der Waals surface area contributed by atoms with E-state index in [4.69, 9.17) is 9.84 Å². The molecular formula is C13H18N2O4. The predicted molar refractivity (Wildman–Crippen MR) is 70.1 cm³/mol. The van der Waals surface area contributed by atoms with E-state index in [0.717, 1.165) is 5.56 Å². The molecule has 2 N–H and O–H groups in total. The summed E-state index contributed by atoms with van der Waals surface area (Å²) in [6, 6.07) is 6.31. The first-order chi connectivity index (χ1) is 8.99. The number of nitrogens with one attached hydrogen (secondary N) is 1. The lowest BCUT2D eigenvalue weighted by molar-refractivity contribution is 0.0696. The Morgan fingerprint density at radius 3 is 2.42 bits per heavy atom. The van der Waals surface area contributed by atoms with Crippen molar-refractivity contribution in [2.45, 2.75) is 6.54 Å². The Kier molecular flexibility index (Phi) is 5.81. The smallest absolute Gasteiger partial charge is 0.407 e. The average Bonchev–Trinajstić information content (AvgIpc) is 2.36. The summed E-state index contributed by atoms with van der Waals surface area (Å²) < 4.78 is 4.95. The Morgan fingerprint density at radius 2 is 1.89 bits per heavy atom. The van der Waals surface area contributed by atoms with Gasteiger partial charge in [0.1, 0.15) is 6.61 Å². The Bertz CT molecular complexity index is 429. The molecule has 0 fully saturated rings. The molecule has 0 spiro atoms. The van der Waals surface area contributed by atoms with E-state index in [1.165, 1.54) is 12.1 Å². The zero-order valence-corrected chi connectivity index (χ0v) is 11.0. The number of alkyl carbamates (subject to hydrolysis) is 1. The maximum Gasteiger partial charge on any atom is 0.407 e. The van der Waals surface area contributed by atoms with Crippen molar-refractivity contribution < 1.29 is 19.4 Å². The van der Waals surface area contributed by atoms with E-state index in [0.29, 0.717) is 19.7 Å². The van der Waals surface area contributed by atoms with Gasteiger partial charge in [-0.25, -0.2) is 9.59 Å². The third-order valence-electron chi connectivity index (χ3n) is 2.41. The number of hydrogen-bond acceptors (Lipinski definition) is 4. The number of carboxylic acids is 1. The van der Waals surface area contributed by atoms with Crippen molar-refractivity contribution in [1.82, 2.24) is 10.2 Å². The molecule has 0 saturated heterocycles. The highest BCUT2D eigenvalue weighted by molar-refractivity contribution is 5.87. The van der Waals surface area contributed by atoms with Crippen molar-refractivity contribution in [1.29, 1.82) is 0 Å². The SMILES string of the molecule is CN(C)CCOC(=O)NCc1ccc(C(=O)O)cc1. The van der Waals surface area contributed by atoms with Crippen molar-refractivity contribution in [3.05, 3.63) is 35.4 Å². The number of ether oxygens (including phenoxy) is 1. The molecule has 0 aliphatic heterocycles. The first-order valence-electron chi connectivity index (χ1n) is 5.86. The van der Waals surface area contributed by atoms with E-state index in [1.54, 1.807) is 12.1 Å². The minimum atomic E-state index is -0.970. The topological polar surface area (TPSA) is 78.9 Å². The number of hydrogen-bond donors (Lipinski definition) is 2. The van der Waals surface area contributed by atoms with Crippen molar-refractivity contribution in [3.8, 4) is 0 Å². The maximum atomic E-state index is 11.3. The molecule has 1 rings (SSSR count). The van der Waals surface area contributed by atoms with Gasteiger partial charge in [-0.2, -0.15) is 0 Å². The van der Waals surface area contributed by atoms with Gasteiger partial charge in [0.05, 0.1) is 5.56 Å². The fourth-order valence-corrected chi connectivity index (χ4v) is 1.31. The lowest BCUT2D eigenvalue weighted by atomic mass is 10.1. The van der Waals surface area contributed by atoms with Crippen LogP contribution in [-0.2, 0) is 11.3 Å². The van der Waals surface area contributed by atoms with Gasteiger partial charge in [0.15, 0.2) is 0 Å². The molecule has 0 atom stereocenters. The van der Waals surface area contributed by atoms with Crippen LogP contribution in [0.25, 0.3) is 0 Å². The Morgan fingerprint density at radius 1 is 1.26 bits per heavy atom. The normalized spacial score (nSPS) is 10.3. The van der Waals surface area contributed by atoms with Crippen LogP contribution in [0.4, 0.5) is 4.79 Å². The zero-order valence-electron chi connectivity index (χ0n) is 11.0. The summed E-state index contributed by atoms with van der Waals surface area (Å²) in [4.78, 5) is 23.9. The van der Waals surface area contributed by atoms with Gasteiger partial charge < -0.3 is 20.1 Å². The number of carboxylic acid groups (broad SMARTS) is 1. The van der Waals surface area contributed by atoms with Crippen LogP contribution >= 0.6 is 0 Å². The van der Waals surface area contributed by atoms with E-state index in [9.17, 15) is 9.59 Å². The number of aromatic carboxylic acids is 1. The number of benzene rings is 1. The van der Waals surface area contributed by atoms with Gasteiger partial charge in [-0.15, -0.1) is 0 Å². The largest absolute Gasteiger partial charge is 0.478 e. The molecule has 104 valence electrons. The van der Waals surface area contributed by atoms with Crippen molar-refractivity contribution in [3.63, 3.8) is 0 Å². The molecule has 0 aliphatic carbocycles.